The Labute approximate surface area is 157 Å². The largest absolute Gasteiger partial charge is 0.494 e. The van der Waals surface area contributed by atoms with Crippen LogP contribution in [0.1, 0.15) is 16.8 Å². The molecule has 0 aliphatic carbocycles. The molecule has 6 heteroatoms. The average molecular weight is 370 g/mol. The minimum atomic E-state index is -0.414. The van der Waals surface area contributed by atoms with Crippen LogP contribution in [0.25, 0.3) is 0 Å². The van der Waals surface area contributed by atoms with Crippen molar-refractivity contribution in [2.45, 2.75) is 12.5 Å². The van der Waals surface area contributed by atoms with Gasteiger partial charge in [0, 0.05) is 17.9 Å². The Bertz CT molecular complexity index is 724. The Morgan fingerprint density at radius 1 is 1.08 bits per heavy atom. The van der Waals surface area contributed by atoms with Crippen molar-refractivity contribution in [1.29, 1.82) is 0 Å². The lowest BCUT2D eigenvalue weighted by atomic mass is 10.1. The Morgan fingerprint density at radius 2 is 1.77 bits per heavy atom. The van der Waals surface area contributed by atoms with Crippen molar-refractivity contribution < 1.29 is 14.3 Å². The molecule has 0 saturated carbocycles. The standard InChI is InChI=1S/C20H22N2O3S/c23-19(21-12-7-13-25-17-10-5-2-6-11-17)18-14-26-15-22(18)20(24)16-8-3-1-4-9-16/h1-6,8-11,18H,7,12-15H2,(H,21,23). The van der Waals surface area contributed by atoms with Crippen LogP contribution in [-0.4, -0.2) is 47.5 Å². The van der Waals surface area contributed by atoms with Gasteiger partial charge in [-0.2, -0.15) is 0 Å². The number of nitrogens with one attached hydrogen (secondary N) is 1. The number of thioether (sulfide) groups is 1. The van der Waals surface area contributed by atoms with Crippen molar-refractivity contribution in [1.82, 2.24) is 10.2 Å². The summed E-state index contributed by atoms with van der Waals surface area (Å²) in [5.41, 5.74) is 0.615. The maximum Gasteiger partial charge on any atom is 0.255 e. The van der Waals surface area contributed by atoms with Gasteiger partial charge < -0.3 is 15.0 Å². The molecule has 0 bridgehead atoms. The van der Waals surface area contributed by atoms with E-state index in [1.54, 1.807) is 28.8 Å². The molecule has 1 fully saturated rings. The van der Waals surface area contributed by atoms with E-state index in [2.05, 4.69) is 5.32 Å². The molecular weight excluding hydrogens is 348 g/mol. The first-order valence-corrected chi connectivity index (χ1v) is 9.80. The Hall–Kier alpha value is -2.47. The van der Waals surface area contributed by atoms with Crippen molar-refractivity contribution in [3.63, 3.8) is 0 Å². The molecule has 2 aromatic carbocycles. The van der Waals surface area contributed by atoms with Crippen LogP contribution in [0.15, 0.2) is 60.7 Å². The molecule has 3 rings (SSSR count). The predicted molar refractivity (Wildman–Crippen MR) is 103 cm³/mol. The number of amides is 2. The van der Waals surface area contributed by atoms with Crippen molar-refractivity contribution >= 4 is 23.6 Å². The summed E-state index contributed by atoms with van der Waals surface area (Å²) < 4.78 is 5.61. The fraction of sp³-hybridized carbons (Fsp3) is 0.300. The summed E-state index contributed by atoms with van der Waals surface area (Å²) >= 11 is 1.60. The van der Waals surface area contributed by atoms with E-state index in [1.807, 2.05) is 48.5 Å². The van der Waals surface area contributed by atoms with Gasteiger partial charge in [0.05, 0.1) is 12.5 Å². The predicted octanol–water partition coefficient (Wildman–Crippen LogP) is 2.79. The second kappa shape index (κ2) is 9.29. The van der Waals surface area contributed by atoms with Crippen LogP contribution in [0.4, 0.5) is 0 Å². The number of carbonyl (C=O) groups excluding carboxylic acids is 2. The fourth-order valence-electron chi connectivity index (χ4n) is 2.71. The molecule has 26 heavy (non-hydrogen) atoms. The molecule has 1 atom stereocenters. The molecule has 2 aromatic rings. The van der Waals surface area contributed by atoms with E-state index < -0.39 is 6.04 Å². The van der Waals surface area contributed by atoms with Crippen molar-refractivity contribution in [2.75, 3.05) is 24.8 Å². The Balaban J connectivity index is 1.44. The average Bonchev–Trinajstić information content (AvgIpc) is 3.18. The zero-order valence-corrected chi connectivity index (χ0v) is 15.3. The third kappa shape index (κ3) is 4.79. The zero-order valence-electron chi connectivity index (χ0n) is 14.5. The lowest BCUT2D eigenvalue weighted by Gasteiger charge is -2.23. The van der Waals surface area contributed by atoms with Gasteiger partial charge in [-0.15, -0.1) is 11.8 Å². The van der Waals surface area contributed by atoms with Crippen molar-refractivity contribution in [3.05, 3.63) is 66.2 Å². The van der Waals surface area contributed by atoms with Crippen LogP contribution in [0, 0.1) is 0 Å². The summed E-state index contributed by atoms with van der Waals surface area (Å²) in [4.78, 5) is 26.7. The van der Waals surface area contributed by atoms with E-state index in [0.29, 0.717) is 36.8 Å². The van der Waals surface area contributed by atoms with Gasteiger partial charge in [0.2, 0.25) is 5.91 Å². The normalized spacial score (nSPS) is 16.3. The van der Waals surface area contributed by atoms with Crippen LogP contribution in [0.3, 0.4) is 0 Å². The summed E-state index contributed by atoms with van der Waals surface area (Å²) in [5, 5.41) is 2.92. The second-order valence-corrected chi connectivity index (χ2v) is 6.96. The summed E-state index contributed by atoms with van der Waals surface area (Å²) in [6.07, 6.45) is 0.715. The number of carbonyl (C=O) groups is 2. The van der Waals surface area contributed by atoms with Crippen molar-refractivity contribution in [3.8, 4) is 5.75 Å². The lowest BCUT2D eigenvalue weighted by Crippen LogP contribution is -2.47. The number of nitrogens with zero attached hydrogens (tertiary/aromatic N) is 1. The fourth-order valence-corrected chi connectivity index (χ4v) is 3.87. The first kappa shape index (κ1) is 18.3. The van der Waals surface area contributed by atoms with Gasteiger partial charge in [-0.3, -0.25) is 9.59 Å². The van der Waals surface area contributed by atoms with Crippen LogP contribution >= 0.6 is 11.8 Å². The van der Waals surface area contributed by atoms with E-state index >= 15 is 0 Å². The quantitative estimate of drug-likeness (QED) is 0.762. The molecule has 1 heterocycles. The number of hydrogen-bond donors (Lipinski definition) is 1. The molecule has 0 aromatic heterocycles. The Kier molecular flexibility index (Phi) is 6.55. The molecule has 0 radical (unpaired) electrons. The SMILES string of the molecule is O=C(NCCCOc1ccccc1)C1CSCN1C(=O)c1ccccc1. The van der Waals surface area contributed by atoms with Gasteiger partial charge in [-0.25, -0.2) is 0 Å². The Morgan fingerprint density at radius 3 is 2.50 bits per heavy atom. The van der Waals surface area contributed by atoms with Gasteiger partial charge in [0.25, 0.3) is 5.91 Å². The molecular formula is C20H22N2O3S. The molecule has 1 saturated heterocycles. The highest BCUT2D eigenvalue weighted by atomic mass is 32.2. The second-order valence-electron chi connectivity index (χ2n) is 5.96. The first-order valence-electron chi connectivity index (χ1n) is 8.65. The smallest absolute Gasteiger partial charge is 0.255 e. The van der Waals surface area contributed by atoms with Crippen LogP contribution in [0.2, 0.25) is 0 Å². The highest BCUT2D eigenvalue weighted by molar-refractivity contribution is 7.99. The summed E-state index contributed by atoms with van der Waals surface area (Å²) in [6, 6.07) is 18.3. The van der Waals surface area contributed by atoms with Crippen LogP contribution in [0.5, 0.6) is 5.75 Å². The van der Waals surface area contributed by atoms with E-state index in [-0.39, 0.29) is 11.8 Å². The number of ether oxygens (including phenoxy) is 1. The summed E-state index contributed by atoms with van der Waals surface area (Å²) in [6.45, 7) is 1.07. The molecule has 1 unspecified atom stereocenters. The van der Waals surface area contributed by atoms with Crippen LogP contribution in [-0.2, 0) is 4.79 Å². The van der Waals surface area contributed by atoms with E-state index in [4.69, 9.17) is 4.74 Å². The van der Waals surface area contributed by atoms with Crippen molar-refractivity contribution in [2.24, 2.45) is 0 Å². The minimum absolute atomic E-state index is 0.0943. The number of benzene rings is 2. The van der Waals surface area contributed by atoms with E-state index in [1.165, 1.54) is 0 Å². The highest BCUT2D eigenvalue weighted by Gasteiger charge is 2.34. The number of hydrogen-bond acceptors (Lipinski definition) is 4. The monoisotopic (exact) mass is 370 g/mol. The third-order valence-electron chi connectivity index (χ3n) is 4.10. The summed E-state index contributed by atoms with van der Waals surface area (Å²) in [5.74, 6) is 1.81. The summed E-state index contributed by atoms with van der Waals surface area (Å²) in [7, 11) is 0. The van der Waals surface area contributed by atoms with Gasteiger partial charge in [0.15, 0.2) is 0 Å². The molecule has 0 spiro atoms. The molecule has 2 amide bonds. The van der Waals surface area contributed by atoms with Gasteiger partial charge in [-0.05, 0) is 30.7 Å². The third-order valence-corrected chi connectivity index (χ3v) is 5.11. The molecule has 1 aliphatic rings. The minimum Gasteiger partial charge on any atom is -0.494 e. The molecule has 136 valence electrons. The number of para-hydroxylation sites is 1. The molecule has 1 aliphatic heterocycles. The van der Waals surface area contributed by atoms with E-state index in [0.717, 1.165) is 5.75 Å². The molecule has 1 N–H and O–H groups in total. The zero-order chi connectivity index (χ0) is 18.2. The first-order chi connectivity index (χ1) is 12.8. The van der Waals surface area contributed by atoms with Gasteiger partial charge in [-0.1, -0.05) is 36.4 Å². The number of rotatable bonds is 7. The van der Waals surface area contributed by atoms with Crippen LogP contribution < -0.4 is 10.1 Å². The molecule has 5 nitrogen and oxygen atoms in total. The lowest BCUT2D eigenvalue weighted by molar-refractivity contribution is -0.124. The maximum absolute atomic E-state index is 12.6. The topological polar surface area (TPSA) is 58.6 Å². The van der Waals surface area contributed by atoms with Gasteiger partial charge >= 0.3 is 0 Å². The highest BCUT2D eigenvalue weighted by Crippen LogP contribution is 2.23. The van der Waals surface area contributed by atoms with Gasteiger partial charge in [0.1, 0.15) is 11.8 Å². The maximum atomic E-state index is 12.6. The van der Waals surface area contributed by atoms with E-state index in [9.17, 15) is 9.59 Å².